The summed E-state index contributed by atoms with van der Waals surface area (Å²) >= 11 is 1.48. The van der Waals surface area contributed by atoms with Crippen LogP contribution in [0.15, 0.2) is 29.9 Å². The van der Waals surface area contributed by atoms with Crippen molar-refractivity contribution >= 4 is 35.0 Å². The van der Waals surface area contributed by atoms with Crippen LogP contribution in [0, 0.1) is 6.92 Å². The molecule has 2 rings (SSSR count). The van der Waals surface area contributed by atoms with Gasteiger partial charge in [0.2, 0.25) is 5.91 Å². The Morgan fingerprint density at radius 1 is 1.45 bits per heavy atom. The lowest BCUT2D eigenvalue weighted by Gasteiger charge is -2.04. The van der Waals surface area contributed by atoms with Gasteiger partial charge in [-0.25, -0.2) is 9.78 Å². The number of hydrogen-bond donors (Lipinski definition) is 2. The van der Waals surface area contributed by atoms with Crippen molar-refractivity contribution in [1.29, 1.82) is 0 Å². The van der Waals surface area contributed by atoms with E-state index < -0.39 is 11.9 Å². The quantitative estimate of drug-likeness (QED) is 0.842. The summed E-state index contributed by atoms with van der Waals surface area (Å²) in [5, 5.41) is 14.2. The first-order valence-electron chi connectivity index (χ1n) is 5.65. The molecule has 0 aliphatic heterocycles. The summed E-state index contributed by atoms with van der Waals surface area (Å²) in [5.41, 5.74) is 0.836. The Morgan fingerprint density at radius 2 is 2.25 bits per heavy atom. The van der Waals surface area contributed by atoms with Crippen molar-refractivity contribution in [3.63, 3.8) is 0 Å². The number of nitrogens with zero attached hydrogens (tertiary/aromatic N) is 2. The molecular formula is C13H11N3O3S. The standard InChI is InChI=1S/C13H11N3O3S/c1-8-15-9(7-20-8)2-3-12(17)16-11-6-14-5-4-10(11)13(18)19/h2-7H,1H3,(H,16,17)(H,18,19). The fourth-order valence-corrected chi connectivity index (χ4v) is 2.05. The molecule has 2 heterocycles. The second kappa shape index (κ2) is 6.07. The molecule has 2 aromatic rings. The first kappa shape index (κ1) is 13.9. The van der Waals surface area contributed by atoms with Gasteiger partial charge in [-0.3, -0.25) is 9.78 Å². The molecule has 6 nitrogen and oxygen atoms in total. The number of anilines is 1. The Balaban J connectivity index is 2.09. The Labute approximate surface area is 118 Å². The second-order valence-corrected chi connectivity index (χ2v) is 4.90. The normalized spacial score (nSPS) is 10.7. The van der Waals surface area contributed by atoms with E-state index in [1.807, 2.05) is 12.3 Å². The van der Waals surface area contributed by atoms with E-state index in [4.69, 9.17) is 5.11 Å². The fourth-order valence-electron chi connectivity index (χ4n) is 1.47. The van der Waals surface area contributed by atoms with Gasteiger partial charge in [0, 0.05) is 17.7 Å². The van der Waals surface area contributed by atoms with Crippen molar-refractivity contribution < 1.29 is 14.7 Å². The maximum absolute atomic E-state index is 11.7. The van der Waals surface area contributed by atoms with Gasteiger partial charge >= 0.3 is 5.97 Å². The number of aromatic carboxylic acids is 1. The molecule has 0 fully saturated rings. The second-order valence-electron chi connectivity index (χ2n) is 3.84. The van der Waals surface area contributed by atoms with E-state index in [1.165, 1.54) is 35.9 Å². The highest BCUT2D eigenvalue weighted by atomic mass is 32.1. The van der Waals surface area contributed by atoms with Crippen molar-refractivity contribution in [3.05, 3.63) is 46.2 Å². The van der Waals surface area contributed by atoms with Crippen LogP contribution in [0.3, 0.4) is 0 Å². The van der Waals surface area contributed by atoms with Crippen molar-refractivity contribution in [2.45, 2.75) is 6.92 Å². The molecule has 0 aliphatic rings. The smallest absolute Gasteiger partial charge is 0.337 e. The minimum absolute atomic E-state index is 0.00810. The number of rotatable bonds is 4. The highest BCUT2D eigenvalue weighted by Crippen LogP contribution is 2.14. The number of hydrogen-bond acceptors (Lipinski definition) is 5. The molecule has 0 atom stereocenters. The van der Waals surface area contributed by atoms with Gasteiger partial charge in [0.1, 0.15) is 0 Å². The summed E-state index contributed by atoms with van der Waals surface area (Å²) in [6.45, 7) is 1.87. The minimum Gasteiger partial charge on any atom is -0.478 e. The summed E-state index contributed by atoms with van der Waals surface area (Å²) in [5.74, 6) is -1.56. The summed E-state index contributed by atoms with van der Waals surface area (Å²) in [6.07, 6.45) is 5.51. The van der Waals surface area contributed by atoms with Crippen LogP contribution in [0.25, 0.3) is 6.08 Å². The molecule has 2 aromatic heterocycles. The Morgan fingerprint density at radius 3 is 2.90 bits per heavy atom. The van der Waals surface area contributed by atoms with Crippen LogP contribution in [0.1, 0.15) is 21.1 Å². The Bertz CT molecular complexity index is 679. The number of aromatic nitrogens is 2. The maximum atomic E-state index is 11.7. The average molecular weight is 289 g/mol. The predicted octanol–water partition coefficient (Wildman–Crippen LogP) is 2.20. The minimum atomic E-state index is -1.12. The lowest BCUT2D eigenvalue weighted by molar-refractivity contribution is -0.111. The number of carbonyl (C=O) groups excluding carboxylic acids is 1. The van der Waals surface area contributed by atoms with Crippen LogP contribution in [0.5, 0.6) is 0 Å². The zero-order chi connectivity index (χ0) is 14.5. The lowest BCUT2D eigenvalue weighted by Crippen LogP contribution is -2.12. The molecular weight excluding hydrogens is 278 g/mol. The zero-order valence-electron chi connectivity index (χ0n) is 10.5. The average Bonchev–Trinajstić information content (AvgIpc) is 2.83. The predicted molar refractivity (Wildman–Crippen MR) is 75.7 cm³/mol. The third kappa shape index (κ3) is 3.48. The summed E-state index contributed by atoms with van der Waals surface area (Å²) in [6, 6.07) is 1.32. The van der Waals surface area contributed by atoms with Gasteiger partial charge in [0.05, 0.1) is 28.1 Å². The summed E-state index contributed by atoms with van der Waals surface area (Å²) in [7, 11) is 0. The van der Waals surface area contributed by atoms with E-state index in [0.717, 1.165) is 5.01 Å². The number of carboxylic acid groups (broad SMARTS) is 1. The number of thiazole rings is 1. The number of nitrogens with one attached hydrogen (secondary N) is 1. The van der Waals surface area contributed by atoms with E-state index >= 15 is 0 Å². The molecule has 20 heavy (non-hydrogen) atoms. The monoisotopic (exact) mass is 289 g/mol. The van der Waals surface area contributed by atoms with Crippen LogP contribution in [0.2, 0.25) is 0 Å². The van der Waals surface area contributed by atoms with Gasteiger partial charge in [-0.2, -0.15) is 0 Å². The van der Waals surface area contributed by atoms with Crippen molar-refractivity contribution in [1.82, 2.24) is 9.97 Å². The van der Waals surface area contributed by atoms with Crippen LogP contribution in [0.4, 0.5) is 5.69 Å². The number of carbonyl (C=O) groups is 2. The van der Waals surface area contributed by atoms with Gasteiger partial charge in [0.15, 0.2) is 0 Å². The molecule has 102 valence electrons. The fraction of sp³-hybridized carbons (Fsp3) is 0.0769. The molecule has 0 aromatic carbocycles. The first-order valence-corrected chi connectivity index (χ1v) is 6.52. The number of amides is 1. The number of carboxylic acids is 1. The molecule has 2 N–H and O–H groups in total. The molecule has 7 heteroatoms. The SMILES string of the molecule is Cc1nc(C=CC(=O)Nc2cnccc2C(=O)O)cs1. The van der Waals surface area contributed by atoms with E-state index in [1.54, 1.807) is 6.08 Å². The molecule has 0 saturated heterocycles. The third-order valence-electron chi connectivity index (χ3n) is 2.35. The third-order valence-corrected chi connectivity index (χ3v) is 3.14. The topological polar surface area (TPSA) is 92.2 Å². The molecule has 0 aliphatic carbocycles. The highest BCUT2D eigenvalue weighted by molar-refractivity contribution is 7.09. The van der Waals surface area contributed by atoms with E-state index in [9.17, 15) is 9.59 Å². The Kier molecular flexibility index (Phi) is 4.21. The number of aryl methyl sites for hydroxylation is 1. The van der Waals surface area contributed by atoms with E-state index in [0.29, 0.717) is 5.69 Å². The van der Waals surface area contributed by atoms with Gasteiger partial charge in [-0.05, 0) is 19.1 Å². The maximum Gasteiger partial charge on any atom is 0.337 e. The lowest BCUT2D eigenvalue weighted by atomic mass is 10.2. The Hall–Kier alpha value is -2.54. The number of pyridine rings is 1. The van der Waals surface area contributed by atoms with E-state index in [-0.39, 0.29) is 11.3 Å². The first-order chi connectivity index (χ1) is 9.56. The van der Waals surface area contributed by atoms with Crippen LogP contribution in [-0.2, 0) is 4.79 Å². The highest BCUT2D eigenvalue weighted by Gasteiger charge is 2.10. The molecule has 0 saturated carbocycles. The van der Waals surface area contributed by atoms with Gasteiger partial charge < -0.3 is 10.4 Å². The van der Waals surface area contributed by atoms with Crippen LogP contribution in [-0.4, -0.2) is 27.0 Å². The molecule has 0 radical (unpaired) electrons. The molecule has 0 spiro atoms. The van der Waals surface area contributed by atoms with Gasteiger partial charge in [-0.15, -0.1) is 11.3 Å². The van der Waals surface area contributed by atoms with Gasteiger partial charge in [-0.1, -0.05) is 0 Å². The largest absolute Gasteiger partial charge is 0.478 e. The van der Waals surface area contributed by atoms with Crippen LogP contribution >= 0.6 is 11.3 Å². The van der Waals surface area contributed by atoms with Crippen molar-refractivity contribution in [2.75, 3.05) is 5.32 Å². The zero-order valence-corrected chi connectivity index (χ0v) is 11.3. The van der Waals surface area contributed by atoms with Crippen LogP contribution < -0.4 is 5.32 Å². The molecule has 0 bridgehead atoms. The summed E-state index contributed by atoms with van der Waals surface area (Å²) in [4.78, 5) is 30.7. The molecule has 1 amide bonds. The molecule has 0 unspecified atom stereocenters. The van der Waals surface area contributed by atoms with Gasteiger partial charge in [0.25, 0.3) is 0 Å². The van der Waals surface area contributed by atoms with E-state index in [2.05, 4.69) is 15.3 Å². The van der Waals surface area contributed by atoms with Crippen molar-refractivity contribution in [3.8, 4) is 0 Å². The van der Waals surface area contributed by atoms with Crippen molar-refractivity contribution in [2.24, 2.45) is 0 Å². The summed E-state index contributed by atoms with van der Waals surface area (Å²) < 4.78 is 0.